The van der Waals surface area contributed by atoms with Crippen LogP contribution in [0.1, 0.15) is 140 Å². The number of imidazole rings is 4. The minimum absolute atomic E-state index is 0. The van der Waals surface area contributed by atoms with Crippen LogP contribution in [0.4, 0.5) is 4.79 Å². The number of nitrogens with zero attached hydrogens (tertiary/aromatic N) is 13. The smallest absolute Gasteiger partial charge is 0.410 e. The van der Waals surface area contributed by atoms with Crippen LogP contribution in [0.25, 0.3) is 44.1 Å². The van der Waals surface area contributed by atoms with Crippen LogP contribution in [0.2, 0.25) is 0 Å². The van der Waals surface area contributed by atoms with E-state index in [2.05, 4.69) is 90.7 Å². The van der Waals surface area contributed by atoms with E-state index < -0.39 is 53.4 Å². The lowest BCUT2D eigenvalue weighted by atomic mass is 10.0. The molecular weight excluding hydrogens is 1840 g/mol. The lowest BCUT2D eigenvalue weighted by molar-refractivity contribution is -0.137. The summed E-state index contributed by atoms with van der Waals surface area (Å²) in [4.78, 5) is 169. The van der Waals surface area contributed by atoms with Crippen LogP contribution in [0, 0.1) is 24.4 Å². The van der Waals surface area contributed by atoms with Crippen molar-refractivity contribution in [2.75, 3.05) is 177 Å². The molecule has 41 heteroatoms. The van der Waals surface area contributed by atoms with E-state index in [-0.39, 0.29) is 100 Å². The molecule has 5 unspecified atom stereocenters. The molecule has 5 atom stereocenters. The first kappa shape index (κ1) is 108. The first-order chi connectivity index (χ1) is 64.1. The number of terminal acetylenes is 1. The Labute approximate surface area is 803 Å². The number of para-hydroxylation sites is 4. The second-order valence-electron chi connectivity index (χ2n) is 34.4. The van der Waals surface area contributed by atoms with Crippen molar-refractivity contribution in [1.82, 2.24) is 98.3 Å². The molecule has 0 saturated carbocycles. The summed E-state index contributed by atoms with van der Waals surface area (Å²) in [5.74, 6) is 3.28. The van der Waals surface area contributed by atoms with E-state index in [1.807, 2.05) is 95.3 Å². The third-order valence-electron chi connectivity index (χ3n) is 24.4. The lowest BCUT2D eigenvalue weighted by Gasteiger charge is -2.35. The van der Waals surface area contributed by atoms with Gasteiger partial charge in [-0.05, 0) is 136 Å². The molecule has 8 fully saturated rings. The third kappa shape index (κ3) is 28.6. The van der Waals surface area contributed by atoms with Gasteiger partial charge in [-0.15, -0.1) is 12.4 Å². The van der Waals surface area contributed by atoms with Gasteiger partial charge in [0.1, 0.15) is 49.1 Å². The zero-order chi connectivity index (χ0) is 95.4. The zero-order valence-electron chi connectivity index (χ0n) is 79.0. The van der Waals surface area contributed by atoms with Gasteiger partial charge in [0.05, 0.1) is 69.5 Å². The van der Waals surface area contributed by atoms with Crippen molar-refractivity contribution in [2.45, 2.75) is 141 Å². The Morgan fingerprint density at radius 1 is 0.430 bits per heavy atom. The SMILES string of the molecule is C#COCCN1CCN(C(=O)OC(C)(C)C)CC1.CC.Cl.Cn1c(=O)n(C2CCC(=O)NC2=O)c2cccc(Br)c21.Cn1c(=O)n(C2CCC(=O)NC2=O)c2cccc(C#CCOCCN3CCNCC3)c21.Cn1c(=O)n(C2CCC(=O)NC2=O)c2cccc(CCCOCCN3CCNCC3)c21.Cn1c(=O)n(C2CCC(=O)NC2=O)c2cccc(CCCOCCN3CCNCC3)c21.P. The van der Waals surface area contributed by atoms with Gasteiger partial charge >= 0.3 is 28.9 Å². The van der Waals surface area contributed by atoms with E-state index >= 15 is 0 Å². The number of aromatic nitrogens is 8. The highest BCUT2D eigenvalue weighted by atomic mass is 79.9. The van der Waals surface area contributed by atoms with Crippen molar-refractivity contribution in [3.05, 3.63) is 136 Å². The number of rotatable bonds is 25. The maximum Gasteiger partial charge on any atom is 0.410 e. The molecule has 0 radical (unpaired) electrons. The van der Waals surface area contributed by atoms with E-state index in [0.29, 0.717) is 93.9 Å². The number of hydrogen-bond acceptors (Lipinski definition) is 25. The molecule has 16 rings (SSSR count). The molecule has 736 valence electrons. The molecule has 135 heavy (non-hydrogen) atoms. The second kappa shape index (κ2) is 52.7. The molecule has 0 spiro atoms. The Balaban J connectivity index is 0.000000191. The molecule has 8 aromatic rings. The van der Waals surface area contributed by atoms with Crippen LogP contribution >= 0.6 is 38.2 Å². The molecule has 0 bridgehead atoms. The fourth-order valence-electron chi connectivity index (χ4n) is 17.6. The Bertz CT molecular complexity index is 5640. The highest BCUT2D eigenvalue weighted by Gasteiger charge is 2.37. The number of imide groups is 4. The molecule has 9 amide bonds. The average Bonchev–Trinajstić information content (AvgIpc) is 1.62. The summed E-state index contributed by atoms with van der Waals surface area (Å²) in [6.07, 6.45) is 12.5. The topological polar surface area (TPSA) is 408 Å². The quantitative estimate of drug-likeness (QED) is 0.0186. The fraction of sp³-hybridized carbons (Fsp3) is 0.564. The van der Waals surface area contributed by atoms with Gasteiger partial charge < -0.3 is 44.5 Å². The zero-order valence-corrected chi connectivity index (χ0v) is 82.9. The number of aryl methyl sites for hydroxylation is 6. The maximum absolute atomic E-state index is 13.0. The molecule has 8 aliphatic rings. The highest BCUT2D eigenvalue weighted by molar-refractivity contribution is 9.10. The van der Waals surface area contributed by atoms with E-state index in [1.165, 1.54) is 27.4 Å². The molecule has 8 saturated heterocycles. The number of carbonyl (C=O) groups is 9. The van der Waals surface area contributed by atoms with Crippen molar-refractivity contribution in [2.24, 2.45) is 28.2 Å². The highest BCUT2D eigenvalue weighted by Crippen LogP contribution is 2.31. The Morgan fingerprint density at radius 3 is 1.13 bits per heavy atom. The second-order valence-corrected chi connectivity index (χ2v) is 35.3. The minimum atomic E-state index is -0.703. The maximum atomic E-state index is 13.0. The summed E-state index contributed by atoms with van der Waals surface area (Å²) >= 11 is 3.42. The van der Waals surface area contributed by atoms with Gasteiger partial charge in [-0.2, -0.15) is 9.90 Å². The lowest BCUT2D eigenvalue weighted by Crippen LogP contribution is -2.50. The van der Waals surface area contributed by atoms with Crippen LogP contribution in [-0.2, 0) is 103 Å². The molecule has 38 nitrogen and oxygen atoms in total. The van der Waals surface area contributed by atoms with Crippen molar-refractivity contribution in [3.8, 4) is 24.4 Å². The number of ether oxygens (including phenoxy) is 5. The van der Waals surface area contributed by atoms with Crippen LogP contribution < -0.4 is 60.0 Å². The molecule has 4 aromatic heterocycles. The van der Waals surface area contributed by atoms with Crippen molar-refractivity contribution < 1.29 is 66.8 Å². The monoisotopic (exact) mass is 1970 g/mol. The number of halogens is 2. The molecule has 12 heterocycles. The summed E-state index contributed by atoms with van der Waals surface area (Å²) in [7, 11) is 6.81. The molecule has 4 aromatic carbocycles. The van der Waals surface area contributed by atoms with E-state index in [0.717, 1.165) is 200 Å². The van der Waals surface area contributed by atoms with Gasteiger partial charge in [-0.3, -0.25) is 116 Å². The number of piperidine rings is 4. The van der Waals surface area contributed by atoms with Gasteiger partial charge in [0.2, 0.25) is 47.3 Å². The van der Waals surface area contributed by atoms with Crippen LogP contribution in [0.3, 0.4) is 0 Å². The molecule has 7 N–H and O–H groups in total. The van der Waals surface area contributed by atoms with Crippen molar-refractivity contribution >= 4 is 136 Å². The minimum Gasteiger partial charge on any atom is -0.445 e. The Hall–Kier alpha value is -10.5. The number of nitrogens with one attached hydrogen (secondary N) is 7. The van der Waals surface area contributed by atoms with Gasteiger partial charge in [0.15, 0.2) is 0 Å². The van der Waals surface area contributed by atoms with Crippen LogP contribution in [-0.4, -0.2) is 297 Å². The Morgan fingerprint density at radius 2 is 0.756 bits per heavy atom. The van der Waals surface area contributed by atoms with Crippen molar-refractivity contribution in [3.63, 3.8) is 0 Å². The van der Waals surface area contributed by atoms with Gasteiger partial charge in [0.25, 0.3) is 0 Å². The number of benzene rings is 4. The number of hydrogen-bond donors (Lipinski definition) is 7. The summed E-state index contributed by atoms with van der Waals surface area (Å²) < 4.78 is 40.5. The summed E-state index contributed by atoms with van der Waals surface area (Å²) in [5, 5.41) is 19.3. The number of fused-ring (bicyclic) bond motifs is 4. The summed E-state index contributed by atoms with van der Waals surface area (Å²) in [5.41, 5.74) is 7.25. The van der Waals surface area contributed by atoms with Crippen LogP contribution in [0.15, 0.2) is 96.4 Å². The predicted octanol–water partition coefficient (Wildman–Crippen LogP) is 3.67. The Kier molecular flexibility index (Phi) is 42.2. The van der Waals surface area contributed by atoms with E-state index in [1.54, 1.807) is 54.4 Å². The summed E-state index contributed by atoms with van der Waals surface area (Å²) in [6.45, 7) is 33.1. The number of piperazine rings is 4. The largest absolute Gasteiger partial charge is 0.445 e. The van der Waals surface area contributed by atoms with Crippen molar-refractivity contribution in [1.29, 1.82) is 0 Å². The number of amides is 9. The van der Waals surface area contributed by atoms with Gasteiger partial charge in [0, 0.05) is 202 Å². The average molecular weight is 1980 g/mol. The van der Waals surface area contributed by atoms with E-state index in [9.17, 15) is 62.3 Å². The molecular formula is C94H133BrClN20O18P. The normalized spacial score (nSPS) is 19.1. The standard InChI is InChI=1S/2C22H31N5O4.C22H27N5O4.C13H12BrN3O3.C13H22N2O3.C2H6.ClH.H3P/c3*1-25-20-16(5-3-14-31-15-13-26-11-9-23-10-12-26)4-2-6-17(20)27(22(25)30)18-7-8-19(28)24-21(18)29;1-16-11-7(14)3-2-4-8(11)17(13(16)20)9-5-6-10(18)15-12(9)19;1-5-17-11-10-14-6-8-15(9-7-14)12(16)18-13(2,3)4;1-2;;/h2*2,4,6,18,23H,3,5,7-15H2,1H3,(H,24,28,29);2,4,6,18,23H,7-15H2,1H3,(H,24,28,29);2-4,9H,5-6H2,1H3,(H,15,18,19);1H,6-11H2,2-4H3;1-2H3;1H;1H3. The molecule has 0 aliphatic carbocycles. The predicted molar refractivity (Wildman–Crippen MR) is 525 cm³/mol. The van der Waals surface area contributed by atoms with Gasteiger partial charge in [-0.25, -0.2) is 24.0 Å². The van der Waals surface area contributed by atoms with Gasteiger partial charge in [-0.1, -0.05) is 68.5 Å². The first-order valence-corrected chi connectivity index (χ1v) is 47.0. The van der Waals surface area contributed by atoms with E-state index in [4.69, 9.17) is 30.1 Å². The summed E-state index contributed by atoms with van der Waals surface area (Å²) in [6, 6.07) is 19.9. The first-order valence-electron chi connectivity index (χ1n) is 46.2. The third-order valence-corrected chi connectivity index (χ3v) is 25.0. The fourth-order valence-corrected chi connectivity index (χ4v) is 18.2. The van der Waals surface area contributed by atoms with Crippen LogP contribution in [0.5, 0.6) is 0 Å². The number of carbonyl (C=O) groups excluding carboxylic acids is 9. The molecule has 8 aliphatic heterocycles.